The maximum absolute atomic E-state index is 13.5. The Balaban J connectivity index is 0.765. The number of aromatic nitrogens is 2. The molecule has 5 N–H and O–H groups in total. The molecule has 5 aromatic rings. The van der Waals surface area contributed by atoms with E-state index in [0.717, 1.165) is 60.1 Å². The molecule has 2 aliphatic rings. The molecule has 0 bridgehead atoms. The molecule has 0 radical (unpaired) electrons. The zero-order valence-corrected chi connectivity index (χ0v) is 50.4. The predicted octanol–water partition coefficient (Wildman–Crippen LogP) is 5.18. The minimum atomic E-state index is -5.21. The van der Waals surface area contributed by atoms with Gasteiger partial charge in [0.2, 0.25) is 37.2 Å². The van der Waals surface area contributed by atoms with Crippen LogP contribution < -0.4 is 35.3 Å². The number of benzene rings is 5. The van der Waals surface area contributed by atoms with Crippen LogP contribution in [0.15, 0.2) is 128 Å². The Morgan fingerprint density at radius 2 is 1.26 bits per heavy atom. The topological polar surface area (TPSA) is 296 Å². The molecule has 1 aromatic heterocycles. The van der Waals surface area contributed by atoms with E-state index < -0.39 is 40.0 Å². The number of nitrogens with one attached hydrogen (secondary N) is 3. The van der Waals surface area contributed by atoms with Crippen molar-refractivity contribution < 1.29 is 62.8 Å². The van der Waals surface area contributed by atoms with Gasteiger partial charge in [0.15, 0.2) is 0 Å². The summed E-state index contributed by atoms with van der Waals surface area (Å²) < 4.78 is 124. The summed E-state index contributed by atoms with van der Waals surface area (Å²) in [6, 6.07) is 30.6. The maximum Gasteiger partial charge on any atom is 0.240 e. The van der Waals surface area contributed by atoms with Crippen molar-refractivity contribution in [2.45, 2.75) is 68.6 Å². The second-order valence-electron chi connectivity index (χ2n) is 19.4. The molecule has 2 amide bonds. The summed E-state index contributed by atoms with van der Waals surface area (Å²) in [7, 11) is -13.4. The third kappa shape index (κ3) is 17.6. The number of anilines is 1. The zero-order chi connectivity index (χ0) is 60.4. The van der Waals surface area contributed by atoms with Crippen LogP contribution in [0.3, 0.4) is 0 Å². The van der Waals surface area contributed by atoms with E-state index in [1.807, 2.05) is 101 Å². The number of nitrogens with zero attached hydrogens (tertiary/aromatic N) is 4. The van der Waals surface area contributed by atoms with E-state index in [1.165, 1.54) is 24.3 Å². The molecule has 84 heavy (non-hydrogen) atoms. The van der Waals surface area contributed by atoms with Crippen molar-refractivity contribution in [1.82, 2.24) is 29.7 Å². The number of hydrogen-bond acceptors (Lipinski definition) is 16. The molecule has 0 unspecified atom stereocenters. The first-order valence-electron chi connectivity index (χ1n) is 27.8. The first kappa shape index (κ1) is 64.6. The van der Waals surface area contributed by atoms with Crippen LogP contribution >= 0.6 is 0 Å². The van der Waals surface area contributed by atoms with Crippen molar-refractivity contribution in [3.63, 3.8) is 0 Å². The Kier molecular flexibility index (Phi) is 23.3. The second kappa shape index (κ2) is 30.3. The molecule has 4 aromatic carbocycles. The second-order valence-corrected chi connectivity index (χ2v) is 24.1. The van der Waals surface area contributed by atoms with E-state index in [0.29, 0.717) is 45.7 Å². The molecule has 0 saturated heterocycles. The lowest BCUT2D eigenvalue weighted by atomic mass is 9.93. The zero-order valence-electron chi connectivity index (χ0n) is 47.9. The lowest BCUT2D eigenvalue weighted by Gasteiger charge is -2.23. The van der Waals surface area contributed by atoms with E-state index in [1.54, 1.807) is 16.8 Å². The number of rotatable bonds is 33. The monoisotopic (exact) mass is 1210 g/mol. The molecule has 22 nitrogen and oxygen atoms in total. The Morgan fingerprint density at radius 1 is 0.667 bits per heavy atom. The average molecular weight is 1220 g/mol. The molecule has 1 aliphatic carbocycles. The van der Waals surface area contributed by atoms with Crippen LogP contribution in [0, 0.1) is 6.92 Å². The van der Waals surface area contributed by atoms with E-state index in [-0.39, 0.29) is 108 Å². The molecule has 0 fully saturated rings. The summed E-state index contributed by atoms with van der Waals surface area (Å²) >= 11 is 0. The Hall–Kier alpha value is -6.91. The van der Waals surface area contributed by atoms with Crippen molar-refractivity contribution in [1.29, 1.82) is 0 Å². The number of ether oxygens (including phenoxy) is 4. The van der Waals surface area contributed by atoms with Crippen LogP contribution in [-0.2, 0) is 65.1 Å². The lowest BCUT2D eigenvalue weighted by molar-refractivity contribution is -0.123. The first-order chi connectivity index (χ1) is 40.2. The van der Waals surface area contributed by atoms with Crippen molar-refractivity contribution in [3.8, 4) is 39.4 Å². The Labute approximate surface area is 491 Å². The van der Waals surface area contributed by atoms with E-state index >= 15 is 0 Å². The van der Waals surface area contributed by atoms with Crippen LogP contribution in [0.25, 0.3) is 50.4 Å². The van der Waals surface area contributed by atoms with Crippen LogP contribution in [0.1, 0.15) is 51.8 Å². The number of amides is 2. The fourth-order valence-electron chi connectivity index (χ4n) is 9.35. The normalized spacial score (nSPS) is 12.0. The molecular formula is C59H74N8O14S3. The van der Waals surface area contributed by atoms with Gasteiger partial charge in [0.1, 0.15) is 34.6 Å². The number of fused-ring (bicyclic) bond motifs is 2. The molecule has 0 saturated carbocycles. The quantitative estimate of drug-likeness (QED) is 0.0178. The lowest BCUT2D eigenvalue weighted by Crippen LogP contribution is -2.35. The highest BCUT2D eigenvalue weighted by Gasteiger charge is 2.26. The van der Waals surface area contributed by atoms with Crippen LogP contribution in [-0.4, -0.2) is 150 Å². The number of primary sulfonamides is 1. The Bertz CT molecular complexity index is 3750. The Morgan fingerprint density at radius 3 is 1.87 bits per heavy atom. The third-order valence-electron chi connectivity index (χ3n) is 13.8. The molecular weight excluding hydrogens is 1140 g/mol. The average Bonchev–Trinajstić information content (AvgIpc) is 1.28. The summed E-state index contributed by atoms with van der Waals surface area (Å²) in [5, 5.41) is 17.0. The molecule has 0 atom stereocenters. The number of aryl methyl sites for hydroxylation is 2. The van der Waals surface area contributed by atoms with Crippen molar-refractivity contribution in [3.05, 3.63) is 126 Å². The largest absolute Gasteiger partial charge is 0.744 e. The minimum Gasteiger partial charge on any atom is -0.744 e. The summed E-state index contributed by atoms with van der Waals surface area (Å²) in [5.74, 6) is 0.0173. The van der Waals surface area contributed by atoms with Gasteiger partial charge in [-0.05, 0) is 95.3 Å². The van der Waals surface area contributed by atoms with Gasteiger partial charge >= 0.3 is 0 Å². The van der Waals surface area contributed by atoms with Gasteiger partial charge in [-0.3, -0.25) is 9.59 Å². The van der Waals surface area contributed by atoms with E-state index in [9.17, 15) is 39.4 Å². The molecule has 7 rings (SSSR count). The van der Waals surface area contributed by atoms with Crippen molar-refractivity contribution >= 4 is 58.6 Å². The number of nitrogens with two attached hydrogens (primary N) is 1. The molecule has 452 valence electrons. The van der Waals surface area contributed by atoms with Crippen molar-refractivity contribution in [2.75, 3.05) is 104 Å². The van der Waals surface area contributed by atoms with Gasteiger partial charge in [-0.1, -0.05) is 35.9 Å². The highest BCUT2D eigenvalue weighted by Crippen LogP contribution is 2.43. The highest BCUT2D eigenvalue weighted by molar-refractivity contribution is 7.89. The highest BCUT2D eigenvalue weighted by atomic mass is 32.2. The van der Waals surface area contributed by atoms with Gasteiger partial charge in [-0.25, -0.2) is 44.4 Å². The number of carbonyl (C=O) groups excluding carboxylic acids is 2. The van der Waals surface area contributed by atoms with Gasteiger partial charge in [0, 0.05) is 97.4 Å². The first-order valence-corrected chi connectivity index (χ1v) is 32.2. The van der Waals surface area contributed by atoms with Gasteiger partial charge < -0.3 is 43.5 Å². The van der Waals surface area contributed by atoms with Crippen LogP contribution in [0.4, 0.5) is 5.69 Å². The summed E-state index contributed by atoms with van der Waals surface area (Å²) in [5.41, 5.74) is 6.41. The van der Waals surface area contributed by atoms with Crippen LogP contribution in [0.2, 0.25) is 0 Å². The number of hydrogen-bond donors (Lipinski definition) is 4. The fourth-order valence-corrected chi connectivity index (χ4v) is 11.7. The van der Waals surface area contributed by atoms with Gasteiger partial charge in [0.25, 0.3) is 0 Å². The fraction of sp³-hybridized carbons (Fsp3) is 0.390. The standard InChI is InChI=1S/C59H74N8O14S3/c1-6-65(7-2)46-17-22-50-54(39-46)81-55-40-47(66(8-3)9-4)18-23-51(55)59(50)52-24-21-49(41-56(52)84(74,75)76)83(72,73)63-29-31-78-33-35-80-37-36-79-34-32-77-30-26-58(69)62-28-27-61-57(68)25-14-44-38-53(43-12-10-42(5)11-13-43)67(64-44)45-15-19-48(20-16-45)82(60,70)71/h10-13,15-24,38-41,63H,6-9,14,25-37H2,1-5H3,(H4-,60,61,62,68,69,70,71,74,75,76). The SMILES string of the molecule is CCN(CC)c1ccc2c(-c3ccc(S(=O)(=O)NCCOCCOCCOCCOCCC(=O)NCCNC(=O)CCc4cc(-c5ccc(C)cc5)n(-c5ccc(S(N)(=O)=O)cc5)n4)cc3S(=O)(=O)[O-])c3ccc(=[N+](CC)CC)cc-3oc2c1. The molecule has 25 heteroatoms. The number of carbonyl (C=O) groups is 2. The van der Waals surface area contributed by atoms with Gasteiger partial charge in [-0.2, -0.15) is 5.10 Å². The predicted molar refractivity (Wildman–Crippen MR) is 319 cm³/mol. The number of sulfonamides is 2. The minimum absolute atomic E-state index is 0.0171. The van der Waals surface area contributed by atoms with Crippen LogP contribution in [0.5, 0.6) is 0 Å². The smallest absolute Gasteiger partial charge is 0.240 e. The maximum atomic E-state index is 13.5. The molecule has 0 spiro atoms. The van der Waals surface area contributed by atoms with E-state index in [4.69, 9.17) is 33.6 Å². The molecule has 2 heterocycles. The summed E-state index contributed by atoms with van der Waals surface area (Å²) in [4.78, 5) is 26.0. The summed E-state index contributed by atoms with van der Waals surface area (Å²) in [6.07, 6.45) is 0.616. The van der Waals surface area contributed by atoms with Gasteiger partial charge in [0.05, 0.1) is 90.7 Å². The van der Waals surface area contributed by atoms with Crippen molar-refractivity contribution in [2.24, 2.45) is 5.14 Å². The summed E-state index contributed by atoms with van der Waals surface area (Å²) in [6.45, 7) is 15.0. The third-order valence-corrected chi connectivity index (χ3v) is 17.0. The van der Waals surface area contributed by atoms with Gasteiger partial charge in [-0.15, -0.1) is 0 Å². The molecule has 1 aliphatic heterocycles. The van der Waals surface area contributed by atoms with E-state index in [2.05, 4.69) is 24.8 Å².